The van der Waals surface area contributed by atoms with Gasteiger partial charge < -0.3 is 4.74 Å². The number of esters is 1. The minimum atomic E-state index is -0.822. The van der Waals surface area contributed by atoms with Gasteiger partial charge in [0.15, 0.2) is 0 Å². The van der Waals surface area contributed by atoms with Gasteiger partial charge in [0, 0.05) is 13.1 Å². The molecule has 4 heteroatoms. The van der Waals surface area contributed by atoms with Crippen molar-refractivity contribution in [2.45, 2.75) is 13.0 Å². The average molecular weight is 153 g/mol. The quantitative estimate of drug-likeness (QED) is 0.501. The predicted molar refractivity (Wildman–Crippen MR) is 38.2 cm³/mol. The normalized spacial score (nSPS) is 21.9. The van der Waals surface area contributed by atoms with E-state index in [2.05, 4.69) is 9.73 Å². The van der Waals surface area contributed by atoms with E-state index < -0.39 is 18.0 Å². The summed E-state index contributed by atoms with van der Waals surface area (Å²) < 4.78 is 4.61. The topological polar surface area (TPSA) is 55.7 Å². The van der Waals surface area contributed by atoms with Crippen molar-refractivity contribution >= 4 is 18.1 Å². The van der Waals surface area contributed by atoms with Crippen LogP contribution in [0.1, 0.15) is 6.92 Å². The summed E-state index contributed by atoms with van der Waals surface area (Å²) in [7, 11) is 0. The van der Waals surface area contributed by atoms with E-state index in [4.69, 9.17) is 0 Å². The first kappa shape index (κ1) is 7.65. The van der Waals surface area contributed by atoms with Crippen molar-refractivity contribution in [3.05, 3.63) is 12.2 Å². The van der Waals surface area contributed by atoms with E-state index in [1.54, 1.807) is 6.08 Å². The Hall–Kier alpha value is -1.45. The Morgan fingerprint density at radius 2 is 2.45 bits per heavy atom. The van der Waals surface area contributed by atoms with Crippen molar-refractivity contribution in [3.8, 4) is 0 Å². The lowest BCUT2D eigenvalue weighted by Crippen LogP contribution is -2.24. The summed E-state index contributed by atoms with van der Waals surface area (Å²) in [5, 5.41) is 0. The highest BCUT2D eigenvalue weighted by Crippen LogP contribution is 2.01. The van der Waals surface area contributed by atoms with Crippen LogP contribution in [0, 0.1) is 0 Å². The van der Waals surface area contributed by atoms with Crippen LogP contribution in [0.3, 0.4) is 0 Å². The number of dihydropyridines is 1. The summed E-state index contributed by atoms with van der Waals surface area (Å²) in [5.74, 6) is -0.923. The zero-order valence-corrected chi connectivity index (χ0v) is 5.98. The van der Waals surface area contributed by atoms with E-state index in [0.717, 1.165) is 0 Å². The summed E-state index contributed by atoms with van der Waals surface area (Å²) in [5.41, 5.74) is 0. The Morgan fingerprint density at radius 1 is 1.73 bits per heavy atom. The smallest absolute Gasteiger partial charge is 0.303 e. The number of carbonyl (C=O) groups is 2. The molecule has 1 aliphatic heterocycles. The number of ether oxygens (including phenoxy) is 1. The second-order valence-corrected chi connectivity index (χ2v) is 2.03. The van der Waals surface area contributed by atoms with Crippen LogP contribution in [0.5, 0.6) is 0 Å². The van der Waals surface area contributed by atoms with Gasteiger partial charge in [-0.2, -0.15) is 0 Å². The zero-order chi connectivity index (χ0) is 8.27. The molecule has 0 aromatic heterocycles. The maximum atomic E-state index is 10.8. The van der Waals surface area contributed by atoms with Crippen molar-refractivity contribution in [3.63, 3.8) is 0 Å². The van der Waals surface area contributed by atoms with Crippen LogP contribution in [-0.4, -0.2) is 24.2 Å². The molecule has 0 aromatic rings. The Bertz CT molecular complexity index is 242. The molecule has 11 heavy (non-hydrogen) atoms. The Labute approximate surface area is 63.6 Å². The zero-order valence-electron chi connectivity index (χ0n) is 5.98. The minimum Gasteiger partial charge on any atom is -0.448 e. The highest BCUT2D eigenvalue weighted by molar-refractivity contribution is 5.96. The first-order valence-electron chi connectivity index (χ1n) is 3.12. The van der Waals surface area contributed by atoms with Crippen LogP contribution in [0.2, 0.25) is 0 Å². The molecule has 0 bridgehead atoms. The van der Waals surface area contributed by atoms with Gasteiger partial charge >= 0.3 is 5.97 Å². The second kappa shape index (κ2) is 3.09. The van der Waals surface area contributed by atoms with E-state index in [9.17, 15) is 9.59 Å². The Balaban J connectivity index is 2.59. The molecule has 0 aliphatic carbocycles. The van der Waals surface area contributed by atoms with Gasteiger partial charge in [-0.3, -0.25) is 9.59 Å². The van der Waals surface area contributed by atoms with Gasteiger partial charge in [-0.1, -0.05) is 0 Å². The van der Waals surface area contributed by atoms with E-state index in [1.807, 2.05) is 0 Å². The van der Waals surface area contributed by atoms with Gasteiger partial charge in [-0.15, -0.1) is 0 Å². The third-order valence-corrected chi connectivity index (χ3v) is 1.11. The third-order valence-electron chi connectivity index (χ3n) is 1.11. The largest absolute Gasteiger partial charge is 0.448 e. The van der Waals surface area contributed by atoms with Crippen LogP contribution in [0.4, 0.5) is 0 Å². The number of rotatable bonds is 1. The molecule has 4 nitrogen and oxygen atoms in total. The SMILES string of the molecule is CC(=O)OC1C=CC=NC1=O. The summed E-state index contributed by atoms with van der Waals surface area (Å²) >= 11 is 0. The number of amides is 1. The van der Waals surface area contributed by atoms with Crippen molar-refractivity contribution in [1.82, 2.24) is 0 Å². The number of hydrogen-bond acceptors (Lipinski definition) is 3. The molecule has 0 saturated carbocycles. The summed E-state index contributed by atoms with van der Waals surface area (Å²) in [6, 6.07) is 0. The fourth-order valence-electron chi connectivity index (χ4n) is 0.691. The maximum Gasteiger partial charge on any atom is 0.303 e. The van der Waals surface area contributed by atoms with E-state index in [-0.39, 0.29) is 0 Å². The van der Waals surface area contributed by atoms with Gasteiger partial charge in [0.1, 0.15) is 0 Å². The van der Waals surface area contributed by atoms with E-state index >= 15 is 0 Å². The van der Waals surface area contributed by atoms with Gasteiger partial charge in [-0.25, -0.2) is 4.99 Å². The second-order valence-electron chi connectivity index (χ2n) is 2.03. The third kappa shape index (κ3) is 2.00. The number of hydrogen-bond donors (Lipinski definition) is 0. The molecule has 0 N–H and O–H groups in total. The van der Waals surface area contributed by atoms with Crippen LogP contribution in [-0.2, 0) is 14.3 Å². The molecule has 1 heterocycles. The first-order valence-corrected chi connectivity index (χ1v) is 3.12. The van der Waals surface area contributed by atoms with Crippen LogP contribution in [0.15, 0.2) is 17.1 Å². The van der Waals surface area contributed by atoms with E-state index in [0.29, 0.717) is 0 Å². The van der Waals surface area contributed by atoms with Gasteiger partial charge in [-0.05, 0) is 12.2 Å². The van der Waals surface area contributed by atoms with Gasteiger partial charge in [0.05, 0.1) is 0 Å². The molecule has 1 amide bonds. The van der Waals surface area contributed by atoms with Crippen LogP contribution in [0.25, 0.3) is 0 Å². The molecule has 1 atom stereocenters. The standard InChI is InChI=1S/C7H7NO3/c1-5(9)11-6-3-2-4-8-7(6)10/h2-4,6H,1H3. The summed E-state index contributed by atoms with van der Waals surface area (Å²) in [6.45, 7) is 1.25. The molecule has 0 saturated heterocycles. The molecule has 0 radical (unpaired) electrons. The Morgan fingerprint density at radius 3 is 3.00 bits per heavy atom. The lowest BCUT2D eigenvalue weighted by molar-refractivity contribution is -0.149. The molecule has 1 unspecified atom stereocenters. The maximum absolute atomic E-state index is 10.8. The number of nitrogens with zero attached hydrogens (tertiary/aromatic N) is 1. The molecule has 1 aliphatic rings. The summed E-state index contributed by atoms with van der Waals surface area (Å²) in [4.78, 5) is 24.6. The van der Waals surface area contributed by atoms with Crippen molar-refractivity contribution < 1.29 is 14.3 Å². The van der Waals surface area contributed by atoms with Crippen LogP contribution >= 0.6 is 0 Å². The number of aliphatic imine (C=N–C) groups is 1. The molecular formula is C7H7NO3. The molecule has 58 valence electrons. The number of allylic oxidation sites excluding steroid dienone is 1. The molecule has 0 aromatic carbocycles. The lowest BCUT2D eigenvalue weighted by Gasteiger charge is -2.09. The molecule has 0 spiro atoms. The summed E-state index contributed by atoms with van der Waals surface area (Å²) in [6.07, 6.45) is 3.59. The van der Waals surface area contributed by atoms with E-state index in [1.165, 1.54) is 19.2 Å². The van der Waals surface area contributed by atoms with Crippen LogP contribution < -0.4 is 0 Å². The van der Waals surface area contributed by atoms with Crippen molar-refractivity contribution in [1.29, 1.82) is 0 Å². The monoisotopic (exact) mass is 153 g/mol. The highest BCUT2D eigenvalue weighted by Gasteiger charge is 2.18. The molecule has 1 rings (SSSR count). The van der Waals surface area contributed by atoms with Gasteiger partial charge in [0.25, 0.3) is 5.91 Å². The first-order chi connectivity index (χ1) is 5.20. The lowest BCUT2D eigenvalue weighted by atomic mass is 10.2. The Kier molecular flexibility index (Phi) is 2.15. The fraction of sp³-hybridized carbons (Fsp3) is 0.286. The number of carbonyl (C=O) groups excluding carboxylic acids is 2. The molecular weight excluding hydrogens is 146 g/mol. The fourth-order valence-corrected chi connectivity index (χ4v) is 0.691. The highest BCUT2D eigenvalue weighted by atomic mass is 16.5. The van der Waals surface area contributed by atoms with Crippen molar-refractivity contribution in [2.75, 3.05) is 0 Å². The predicted octanol–water partition coefficient (Wildman–Crippen LogP) is 0.0853. The molecule has 0 fully saturated rings. The van der Waals surface area contributed by atoms with Gasteiger partial charge in [0.2, 0.25) is 6.10 Å². The minimum absolute atomic E-state index is 0.442. The average Bonchev–Trinajstić information content (AvgIpc) is 1.93. The van der Waals surface area contributed by atoms with Crippen molar-refractivity contribution in [2.24, 2.45) is 4.99 Å².